The molecule has 1 atom stereocenters. The predicted octanol–water partition coefficient (Wildman–Crippen LogP) is 3.52. The summed E-state index contributed by atoms with van der Waals surface area (Å²) in [5.74, 6) is -0.366. The Labute approximate surface area is 145 Å². The van der Waals surface area contributed by atoms with Gasteiger partial charge in [0.25, 0.3) is 0 Å². The molecule has 1 aliphatic rings. The molecule has 1 saturated heterocycles. The smallest absolute Gasteiger partial charge is 0.410 e. The molecule has 140 valence electrons. The van der Waals surface area contributed by atoms with Crippen LogP contribution in [0.1, 0.15) is 67.2 Å². The summed E-state index contributed by atoms with van der Waals surface area (Å²) < 4.78 is 16.1. The molecule has 0 aromatic carbocycles. The van der Waals surface area contributed by atoms with Crippen molar-refractivity contribution in [2.45, 2.75) is 84.5 Å². The maximum atomic E-state index is 12.3. The van der Waals surface area contributed by atoms with Crippen LogP contribution >= 0.6 is 0 Å². The third-order valence-electron chi connectivity index (χ3n) is 3.49. The Morgan fingerprint density at radius 1 is 1.00 bits per heavy atom. The molecule has 0 spiro atoms. The van der Waals surface area contributed by atoms with Crippen molar-refractivity contribution in [1.29, 1.82) is 0 Å². The molecule has 1 fully saturated rings. The molecule has 0 saturated carbocycles. The second kappa shape index (κ2) is 8.70. The molecular weight excluding hydrogens is 310 g/mol. The zero-order valence-corrected chi connectivity index (χ0v) is 16.0. The fourth-order valence-electron chi connectivity index (χ4n) is 2.61. The Hall–Kier alpha value is -1.30. The van der Waals surface area contributed by atoms with Crippen LogP contribution in [0.5, 0.6) is 0 Å². The van der Waals surface area contributed by atoms with Gasteiger partial charge in [-0.3, -0.25) is 0 Å². The van der Waals surface area contributed by atoms with E-state index in [2.05, 4.69) is 0 Å². The van der Waals surface area contributed by atoms with Crippen molar-refractivity contribution in [1.82, 2.24) is 4.90 Å². The zero-order chi connectivity index (χ0) is 18.4. The van der Waals surface area contributed by atoms with Gasteiger partial charge in [-0.15, -0.1) is 0 Å². The summed E-state index contributed by atoms with van der Waals surface area (Å²) in [6.07, 6.45) is 3.46. The van der Waals surface area contributed by atoms with Gasteiger partial charge in [-0.05, 0) is 67.2 Å². The van der Waals surface area contributed by atoms with Crippen LogP contribution in [0.15, 0.2) is 0 Å². The van der Waals surface area contributed by atoms with E-state index in [4.69, 9.17) is 14.2 Å². The van der Waals surface area contributed by atoms with Gasteiger partial charge in [-0.1, -0.05) is 0 Å². The second-order valence-corrected chi connectivity index (χ2v) is 8.25. The lowest BCUT2D eigenvalue weighted by Gasteiger charge is -2.36. The van der Waals surface area contributed by atoms with Crippen LogP contribution in [-0.4, -0.2) is 54.0 Å². The van der Waals surface area contributed by atoms with Gasteiger partial charge in [0.15, 0.2) is 0 Å². The average Bonchev–Trinajstić information content (AvgIpc) is 2.40. The van der Waals surface area contributed by atoms with Gasteiger partial charge in [0.05, 0.1) is 0 Å². The minimum Gasteiger partial charge on any atom is -0.458 e. The zero-order valence-electron chi connectivity index (χ0n) is 16.0. The third-order valence-corrected chi connectivity index (χ3v) is 3.49. The number of esters is 1. The molecule has 24 heavy (non-hydrogen) atoms. The first-order valence-corrected chi connectivity index (χ1v) is 8.77. The topological polar surface area (TPSA) is 65.1 Å². The first-order chi connectivity index (χ1) is 11.0. The quantitative estimate of drug-likeness (QED) is 0.564. The van der Waals surface area contributed by atoms with E-state index in [0.717, 1.165) is 19.3 Å². The van der Waals surface area contributed by atoms with Crippen LogP contribution in [0.25, 0.3) is 0 Å². The van der Waals surface area contributed by atoms with Crippen LogP contribution in [0.4, 0.5) is 4.79 Å². The number of hydrogen-bond donors (Lipinski definition) is 0. The first-order valence-electron chi connectivity index (χ1n) is 8.77. The molecule has 1 aliphatic heterocycles. The van der Waals surface area contributed by atoms with Crippen LogP contribution in [0.3, 0.4) is 0 Å². The van der Waals surface area contributed by atoms with Gasteiger partial charge in [-0.25, -0.2) is 9.59 Å². The summed E-state index contributed by atoms with van der Waals surface area (Å²) >= 11 is 0. The number of carbonyl (C=O) groups is 2. The van der Waals surface area contributed by atoms with Crippen molar-refractivity contribution in [3.63, 3.8) is 0 Å². The van der Waals surface area contributed by atoms with E-state index in [1.807, 2.05) is 41.5 Å². The maximum Gasteiger partial charge on any atom is 0.410 e. The molecule has 0 unspecified atom stereocenters. The monoisotopic (exact) mass is 343 g/mol. The molecule has 6 nitrogen and oxygen atoms in total. The Morgan fingerprint density at radius 2 is 1.62 bits per heavy atom. The highest BCUT2D eigenvalue weighted by Gasteiger charge is 2.30. The van der Waals surface area contributed by atoms with Gasteiger partial charge in [0.2, 0.25) is 0 Å². The average molecular weight is 343 g/mol. The largest absolute Gasteiger partial charge is 0.458 e. The minimum absolute atomic E-state index is 0.0591. The molecule has 0 N–H and O–H groups in total. The highest BCUT2D eigenvalue weighted by molar-refractivity contribution is 5.71. The summed E-state index contributed by atoms with van der Waals surface area (Å²) in [4.78, 5) is 25.7. The molecular formula is C18H33NO5. The fourth-order valence-corrected chi connectivity index (χ4v) is 2.61. The Bertz CT molecular complexity index is 422. The van der Waals surface area contributed by atoms with Crippen molar-refractivity contribution in [2.75, 3.05) is 19.8 Å². The molecule has 0 aromatic heterocycles. The molecule has 1 rings (SSSR count). The Balaban J connectivity index is 2.38. The van der Waals surface area contributed by atoms with Gasteiger partial charge < -0.3 is 19.1 Å². The van der Waals surface area contributed by atoms with E-state index in [1.54, 1.807) is 4.90 Å². The van der Waals surface area contributed by atoms with Crippen molar-refractivity contribution in [3.8, 4) is 0 Å². The lowest BCUT2D eigenvalue weighted by atomic mass is 10.0. The van der Waals surface area contributed by atoms with E-state index >= 15 is 0 Å². The molecule has 1 heterocycles. The molecule has 0 aromatic rings. The van der Waals surface area contributed by atoms with Crippen molar-refractivity contribution < 1.29 is 23.8 Å². The number of hydrogen-bond acceptors (Lipinski definition) is 5. The molecule has 0 aliphatic carbocycles. The number of carbonyl (C=O) groups excluding carboxylic acids is 2. The van der Waals surface area contributed by atoms with Gasteiger partial charge >= 0.3 is 12.1 Å². The fraction of sp³-hybridized carbons (Fsp3) is 0.889. The lowest BCUT2D eigenvalue weighted by Crippen LogP contribution is -2.46. The molecule has 0 bridgehead atoms. The minimum atomic E-state index is -0.503. The third kappa shape index (κ3) is 8.52. The second-order valence-electron chi connectivity index (χ2n) is 8.25. The number of amides is 1. The van der Waals surface area contributed by atoms with Crippen molar-refractivity contribution in [2.24, 2.45) is 0 Å². The summed E-state index contributed by atoms with van der Waals surface area (Å²) in [5, 5.41) is 0. The van der Waals surface area contributed by atoms with Crippen LogP contribution in [0.2, 0.25) is 0 Å². The molecule has 6 heteroatoms. The summed E-state index contributed by atoms with van der Waals surface area (Å²) in [6.45, 7) is 12.2. The Morgan fingerprint density at radius 3 is 2.21 bits per heavy atom. The van der Waals surface area contributed by atoms with Gasteiger partial charge in [-0.2, -0.15) is 0 Å². The summed E-state index contributed by atoms with van der Waals surface area (Å²) in [5.41, 5.74) is -0.996. The standard InChI is InChI=1S/C18H33NO5/c1-17(2,3)23-15(20)13-22-12-10-14-9-7-8-11-19(14)16(21)24-18(4,5)6/h14H,7-13H2,1-6H3/t14-/m0/s1. The summed E-state index contributed by atoms with van der Waals surface area (Å²) in [6, 6.07) is 0.104. The number of nitrogens with zero attached hydrogens (tertiary/aromatic N) is 1. The highest BCUT2D eigenvalue weighted by Crippen LogP contribution is 2.22. The van der Waals surface area contributed by atoms with E-state index in [0.29, 0.717) is 19.6 Å². The molecule has 1 amide bonds. The van der Waals surface area contributed by atoms with Crippen LogP contribution in [0, 0.1) is 0 Å². The van der Waals surface area contributed by atoms with Crippen molar-refractivity contribution >= 4 is 12.1 Å². The number of likely N-dealkylation sites (tertiary alicyclic amines) is 1. The van der Waals surface area contributed by atoms with Crippen molar-refractivity contribution in [3.05, 3.63) is 0 Å². The number of ether oxygens (including phenoxy) is 3. The first kappa shape index (κ1) is 20.7. The van der Waals surface area contributed by atoms with Gasteiger partial charge in [0, 0.05) is 19.2 Å². The normalized spacial score (nSPS) is 19.1. The van der Waals surface area contributed by atoms with Crippen LogP contribution in [-0.2, 0) is 19.0 Å². The number of rotatable bonds is 5. The Kier molecular flexibility index (Phi) is 7.52. The predicted molar refractivity (Wildman–Crippen MR) is 91.9 cm³/mol. The van der Waals surface area contributed by atoms with Crippen LogP contribution < -0.4 is 0 Å². The van der Waals surface area contributed by atoms with E-state index < -0.39 is 11.2 Å². The number of piperidine rings is 1. The van der Waals surface area contributed by atoms with Gasteiger partial charge in [0.1, 0.15) is 17.8 Å². The van der Waals surface area contributed by atoms with E-state index in [9.17, 15) is 9.59 Å². The van der Waals surface area contributed by atoms with E-state index in [-0.39, 0.29) is 24.7 Å². The SMILES string of the molecule is CC(C)(C)OC(=O)COCC[C@@H]1CCCCN1C(=O)OC(C)(C)C. The highest BCUT2D eigenvalue weighted by atomic mass is 16.6. The summed E-state index contributed by atoms with van der Waals surface area (Å²) in [7, 11) is 0. The molecule has 0 radical (unpaired) electrons. The lowest BCUT2D eigenvalue weighted by molar-refractivity contribution is -0.160. The maximum absolute atomic E-state index is 12.3. The van der Waals surface area contributed by atoms with E-state index in [1.165, 1.54) is 0 Å².